The topological polar surface area (TPSA) is 9.23 Å². The highest BCUT2D eigenvalue weighted by molar-refractivity contribution is 5.27. The van der Waals surface area contributed by atoms with E-state index in [4.69, 9.17) is 0 Å². The number of hydrogen-bond acceptors (Lipinski definition) is 1. The second-order valence-electron chi connectivity index (χ2n) is 8.20. The number of alkyl halides is 3. The summed E-state index contributed by atoms with van der Waals surface area (Å²) in [4.78, 5) is 0. The summed E-state index contributed by atoms with van der Waals surface area (Å²) in [6, 6.07) is 6.35. The van der Waals surface area contributed by atoms with E-state index in [1.54, 1.807) is 12.1 Å². The van der Waals surface area contributed by atoms with Crippen LogP contribution in [0.1, 0.15) is 83.6 Å². The Balaban J connectivity index is 1.77. The van der Waals surface area contributed by atoms with Crippen molar-refractivity contribution in [2.45, 2.75) is 90.8 Å². The molecule has 1 aromatic rings. The fourth-order valence-electron chi connectivity index (χ4n) is 4.77. The van der Waals surface area contributed by atoms with Crippen LogP contribution in [0.25, 0.3) is 0 Å². The molecule has 0 radical (unpaired) electrons. The molecule has 154 valence electrons. The van der Waals surface area contributed by atoms with Gasteiger partial charge in [-0.1, -0.05) is 64.5 Å². The van der Waals surface area contributed by atoms with Crippen LogP contribution in [0, 0.1) is 17.8 Å². The van der Waals surface area contributed by atoms with Gasteiger partial charge in [0, 0.05) is 0 Å². The van der Waals surface area contributed by atoms with Gasteiger partial charge < -0.3 is 4.74 Å². The largest absolute Gasteiger partial charge is 0.573 e. The van der Waals surface area contributed by atoms with Crippen LogP contribution in [0.15, 0.2) is 24.3 Å². The van der Waals surface area contributed by atoms with Gasteiger partial charge in [-0.05, 0) is 67.6 Å². The lowest BCUT2D eigenvalue weighted by Crippen LogP contribution is -2.22. The Morgan fingerprint density at radius 2 is 1.63 bits per heavy atom. The normalized spacial score (nSPS) is 21.8. The van der Waals surface area contributed by atoms with Crippen LogP contribution < -0.4 is 4.74 Å². The summed E-state index contributed by atoms with van der Waals surface area (Å²) in [5.41, 5.74) is 1.09. The van der Waals surface area contributed by atoms with Crippen molar-refractivity contribution in [2.75, 3.05) is 0 Å². The average Bonchev–Trinajstić information content (AvgIpc) is 2.62. The molecule has 1 aromatic carbocycles. The molecule has 0 aliphatic heterocycles. The third-order valence-corrected chi connectivity index (χ3v) is 6.11. The third-order valence-electron chi connectivity index (χ3n) is 6.11. The zero-order valence-electron chi connectivity index (χ0n) is 16.9. The van der Waals surface area contributed by atoms with Gasteiger partial charge in [-0.25, -0.2) is 0 Å². The van der Waals surface area contributed by atoms with E-state index in [2.05, 4.69) is 18.6 Å². The third kappa shape index (κ3) is 8.15. The second-order valence-corrected chi connectivity index (χ2v) is 8.20. The van der Waals surface area contributed by atoms with E-state index < -0.39 is 6.36 Å². The van der Waals surface area contributed by atoms with Gasteiger partial charge in [0.05, 0.1) is 0 Å². The Bertz CT molecular complexity index is 515. The molecule has 1 nitrogen and oxygen atoms in total. The van der Waals surface area contributed by atoms with Gasteiger partial charge in [0.15, 0.2) is 0 Å². The summed E-state index contributed by atoms with van der Waals surface area (Å²) in [5.74, 6) is 2.50. The van der Waals surface area contributed by atoms with Crippen molar-refractivity contribution in [3.05, 3.63) is 29.8 Å². The molecule has 0 spiro atoms. The van der Waals surface area contributed by atoms with E-state index >= 15 is 0 Å². The quantitative estimate of drug-likeness (QED) is 0.398. The number of rotatable bonds is 10. The Kier molecular flexibility index (Phi) is 8.98. The SMILES string of the molecule is CCCC1CCC(C(CCC)CCCc2ccc(OC(F)(F)F)cc2)CC1. The molecule has 1 fully saturated rings. The molecule has 0 amide bonds. The summed E-state index contributed by atoms with van der Waals surface area (Å²) in [5, 5.41) is 0. The van der Waals surface area contributed by atoms with Gasteiger partial charge in [0.1, 0.15) is 5.75 Å². The zero-order valence-corrected chi connectivity index (χ0v) is 16.9. The fourth-order valence-corrected chi connectivity index (χ4v) is 4.77. The molecule has 1 aliphatic rings. The summed E-state index contributed by atoms with van der Waals surface area (Å²) in [7, 11) is 0. The second kappa shape index (κ2) is 11.0. The van der Waals surface area contributed by atoms with Crippen molar-refractivity contribution >= 4 is 0 Å². The van der Waals surface area contributed by atoms with Crippen LogP contribution in [0.3, 0.4) is 0 Å². The zero-order chi connectivity index (χ0) is 19.7. The number of hydrogen-bond donors (Lipinski definition) is 0. The molecule has 1 unspecified atom stereocenters. The first-order chi connectivity index (χ1) is 12.9. The minimum Gasteiger partial charge on any atom is -0.406 e. The van der Waals surface area contributed by atoms with Crippen molar-refractivity contribution in [2.24, 2.45) is 17.8 Å². The van der Waals surface area contributed by atoms with Crippen LogP contribution in [-0.2, 0) is 6.42 Å². The predicted molar refractivity (Wildman–Crippen MR) is 105 cm³/mol. The monoisotopic (exact) mass is 384 g/mol. The minimum atomic E-state index is -4.62. The lowest BCUT2D eigenvalue weighted by Gasteiger charge is -2.34. The highest BCUT2D eigenvalue weighted by Gasteiger charge is 2.31. The summed E-state index contributed by atoms with van der Waals surface area (Å²) in [6.07, 6.45) is 9.47. The average molecular weight is 385 g/mol. The van der Waals surface area contributed by atoms with Crippen molar-refractivity contribution in [1.82, 2.24) is 0 Å². The van der Waals surface area contributed by atoms with Gasteiger partial charge in [-0.15, -0.1) is 13.2 Å². The fraction of sp³-hybridized carbons (Fsp3) is 0.739. The highest BCUT2D eigenvalue weighted by atomic mass is 19.4. The van der Waals surface area contributed by atoms with E-state index in [0.717, 1.165) is 36.2 Å². The van der Waals surface area contributed by atoms with Gasteiger partial charge in [0.2, 0.25) is 0 Å². The lowest BCUT2D eigenvalue weighted by molar-refractivity contribution is -0.274. The number of aryl methyl sites for hydroxylation is 1. The number of halogens is 3. The maximum Gasteiger partial charge on any atom is 0.573 e. The maximum absolute atomic E-state index is 12.2. The highest BCUT2D eigenvalue weighted by Crippen LogP contribution is 2.39. The maximum atomic E-state index is 12.2. The summed E-state index contributed by atoms with van der Waals surface area (Å²) < 4.78 is 40.6. The number of ether oxygens (including phenoxy) is 1. The van der Waals surface area contributed by atoms with Gasteiger partial charge in [-0.3, -0.25) is 0 Å². The Morgan fingerprint density at radius 1 is 0.963 bits per heavy atom. The minimum absolute atomic E-state index is 0.140. The first-order valence-corrected chi connectivity index (χ1v) is 10.8. The molecule has 1 saturated carbocycles. The summed E-state index contributed by atoms with van der Waals surface area (Å²) in [6.45, 7) is 4.56. The molecule has 2 rings (SSSR count). The van der Waals surface area contributed by atoms with Gasteiger partial charge >= 0.3 is 6.36 Å². The standard InChI is InChI=1S/C23H35F3O/c1-3-6-18-10-14-21(15-11-18)20(7-4-2)9-5-8-19-12-16-22(17-13-19)27-23(24,25)26/h12-13,16-18,20-21H,3-11,14-15H2,1-2H3. The summed E-state index contributed by atoms with van der Waals surface area (Å²) >= 11 is 0. The molecule has 0 aromatic heterocycles. The molecule has 0 heterocycles. The Labute approximate surface area is 162 Å². The van der Waals surface area contributed by atoms with Crippen LogP contribution in [0.2, 0.25) is 0 Å². The van der Waals surface area contributed by atoms with Gasteiger partial charge in [0.25, 0.3) is 0 Å². The van der Waals surface area contributed by atoms with E-state index in [-0.39, 0.29) is 5.75 Å². The van der Waals surface area contributed by atoms with E-state index in [1.165, 1.54) is 69.9 Å². The number of benzene rings is 1. The molecular formula is C23H35F3O. The molecule has 0 N–H and O–H groups in total. The van der Waals surface area contributed by atoms with Crippen LogP contribution in [-0.4, -0.2) is 6.36 Å². The lowest BCUT2D eigenvalue weighted by atomic mass is 9.72. The van der Waals surface area contributed by atoms with Crippen molar-refractivity contribution in [3.63, 3.8) is 0 Å². The molecule has 0 bridgehead atoms. The van der Waals surface area contributed by atoms with Crippen LogP contribution in [0.4, 0.5) is 13.2 Å². The first-order valence-electron chi connectivity index (χ1n) is 10.8. The van der Waals surface area contributed by atoms with Crippen molar-refractivity contribution in [3.8, 4) is 5.75 Å². The molecular weight excluding hydrogens is 349 g/mol. The van der Waals surface area contributed by atoms with Gasteiger partial charge in [-0.2, -0.15) is 0 Å². The Morgan fingerprint density at radius 3 is 2.19 bits per heavy atom. The molecule has 1 atom stereocenters. The van der Waals surface area contributed by atoms with Crippen LogP contribution >= 0.6 is 0 Å². The van der Waals surface area contributed by atoms with Crippen molar-refractivity contribution < 1.29 is 17.9 Å². The molecule has 1 aliphatic carbocycles. The van der Waals surface area contributed by atoms with E-state index in [0.29, 0.717) is 0 Å². The van der Waals surface area contributed by atoms with Crippen LogP contribution in [0.5, 0.6) is 5.75 Å². The van der Waals surface area contributed by atoms with E-state index in [1.807, 2.05) is 0 Å². The first kappa shape index (κ1) is 22.1. The van der Waals surface area contributed by atoms with Crippen molar-refractivity contribution in [1.29, 1.82) is 0 Å². The van der Waals surface area contributed by atoms with E-state index in [9.17, 15) is 13.2 Å². The molecule has 27 heavy (non-hydrogen) atoms. The Hall–Kier alpha value is -1.19. The molecule has 0 saturated heterocycles. The predicted octanol–water partition coefficient (Wildman–Crippen LogP) is 7.93. The molecule has 4 heteroatoms. The smallest absolute Gasteiger partial charge is 0.406 e.